The average Bonchev–Trinajstić information content (AvgIpc) is 3.30. The van der Waals surface area contributed by atoms with Crippen LogP contribution in [0.3, 0.4) is 0 Å². The fraction of sp³-hybridized carbons (Fsp3) is 0.682. The van der Waals surface area contributed by atoms with Crippen LogP contribution in [0.2, 0.25) is 0 Å². The van der Waals surface area contributed by atoms with Gasteiger partial charge in [-0.15, -0.1) is 24.8 Å². The highest BCUT2D eigenvalue weighted by molar-refractivity contribution is 7.22. The minimum atomic E-state index is 0. The zero-order valence-corrected chi connectivity index (χ0v) is 19.2. The summed E-state index contributed by atoms with van der Waals surface area (Å²) in [7, 11) is 0. The van der Waals surface area contributed by atoms with E-state index in [-0.39, 0.29) is 24.8 Å². The Morgan fingerprint density at radius 3 is 2.90 bits per heavy atom. The van der Waals surface area contributed by atoms with E-state index in [0.29, 0.717) is 22.7 Å². The molecule has 0 unspecified atom stereocenters. The number of anilines is 1. The summed E-state index contributed by atoms with van der Waals surface area (Å²) in [6, 6.07) is 5.54. The topological polar surface area (TPSA) is 51.4 Å². The van der Waals surface area contributed by atoms with Gasteiger partial charge in [0.2, 0.25) is 0 Å². The number of hydrogen-bond donors (Lipinski definition) is 1. The molecule has 0 radical (unpaired) electrons. The molecule has 1 saturated carbocycles. The van der Waals surface area contributed by atoms with Crippen LogP contribution in [0.4, 0.5) is 5.13 Å². The second kappa shape index (κ2) is 8.16. The minimum Gasteiger partial charge on any atom is -0.377 e. The first-order valence-electron chi connectivity index (χ1n) is 10.8. The lowest BCUT2D eigenvalue weighted by Crippen LogP contribution is -2.61. The highest BCUT2D eigenvalue weighted by Gasteiger charge is 2.54. The minimum absolute atomic E-state index is 0. The molecule has 2 aromatic rings. The van der Waals surface area contributed by atoms with Gasteiger partial charge < -0.3 is 10.5 Å². The van der Waals surface area contributed by atoms with Crippen LogP contribution in [-0.4, -0.2) is 41.7 Å². The van der Waals surface area contributed by atoms with Crippen molar-refractivity contribution in [2.75, 3.05) is 25.4 Å². The zero-order valence-electron chi connectivity index (χ0n) is 16.8. The van der Waals surface area contributed by atoms with E-state index in [2.05, 4.69) is 22.0 Å². The quantitative estimate of drug-likeness (QED) is 0.694. The number of hydrogen-bond acceptors (Lipinski definition) is 5. The standard InChI is InChI=1S/C22H29N3OS.2ClH/c23-21-24-18-12-17-14(11-20(18)27-21)10-19-16-5-1-2-6-22(16,17)7-8-25(19)13-15-4-3-9-26-15;;/h11-12,15-16,19H,1-10,13H2,(H2,23,24);2*1H/t15-,16-,19+,22+;;/m0../s1. The molecule has 7 heteroatoms. The number of halogens is 2. The Hall–Kier alpha value is -0.590. The van der Waals surface area contributed by atoms with Crippen LogP contribution in [0, 0.1) is 5.92 Å². The Labute approximate surface area is 189 Å². The first-order valence-corrected chi connectivity index (χ1v) is 11.6. The molecule has 6 rings (SSSR count). The van der Waals surface area contributed by atoms with E-state index in [0.717, 1.165) is 24.6 Å². The maximum absolute atomic E-state index is 6.02. The van der Waals surface area contributed by atoms with Crippen molar-refractivity contribution in [3.8, 4) is 0 Å². The van der Waals surface area contributed by atoms with Crippen molar-refractivity contribution >= 4 is 51.5 Å². The number of nitrogens with two attached hydrogens (primary N) is 1. The van der Waals surface area contributed by atoms with Gasteiger partial charge in [0, 0.05) is 24.6 Å². The van der Waals surface area contributed by atoms with Gasteiger partial charge in [0.1, 0.15) is 0 Å². The van der Waals surface area contributed by atoms with Gasteiger partial charge in [-0.3, -0.25) is 4.90 Å². The third-order valence-corrected chi connectivity index (χ3v) is 8.78. The Bertz CT molecular complexity index is 884. The van der Waals surface area contributed by atoms with Crippen molar-refractivity contribution < 1.29 is 4.74 Å². The summed E-state index contributed by atoms with van der Waals surface area (Å²) in [6.45, 7) is 3.34. The highest BCUT2D eigenvalue weighted by atomic mass is 35.5. The maximum atomic E-state index is 6.02. The van der Waals surface area contributed by atoms with Crippen molar-refractivity contribution in [3.63, 3.8) is 0 Å². The predicted octanol–water partition coefficient (Wildman–Crippen LogP) is 4.96. The average molecular weight is 456 g/mol. The van der Waals surface area contributed by atoms with E-state index in [9.17, 15) is 0 Å². The number of nitrogens with zero attached hydrogens (tertiary/aromatic N) is 2. The van der Waals surface area contributed by atoms with E-state index >= 15 is 0 Å². The number of nitrogen functional groups attached to an aromatic ring is 1. The van der Waals surface area contributed by atoms with Crippen molar-refractivity contribution in [2.24, 2.45) is 5.92 Å². The van der Waals surface area contributed by atoms with Crippen molar-refractivity contribution in [3.05, 3.63) is 23.3 Å². The summed E-state index contributed by atoms with van der Waals surface area (Å²) in [5.74, 6) is 0.808. The largest absolute Gasteiger partial charge is 0.377 e. The number of rotatable bonds is 2. The number of aromatic nitrogens is 1. The normalized spacial score (nSPS) is 33.4. The lowest BCUT2D eigenvalue weighted by Gasteiger charge is -2.59. The summed E-state index contributed by atoms with van der Waals surface area (Å²) < 4.78 is 7.26. The molecule has 4 nitrogen and oxygen atoms in total. The second-order valence-corrected chi connectivity index (χ2v) is 10.3. The Balaban J connectivity index is 0.00000102. The first-order chi connectivity index (χ1) is 13.2. The monoisotopic (exact) mass is 455 g/mol. The zero-order chi connectivity index (χ0) is 18.0. The molecule has 2 N–H and O–H groups in total. The number of fused-ring (bicyclic) bond motifs is 2. The lowest BCUT2D eigenvalue weighted by atomic mass is 9.52. The second-order valence-electron chi connectivity index (χ2n) is 9.19. The molecule has 2 aliphatic carbocycles. The molecule has 2 bridgehead atoms. The molecule has 4 atom stereocenters. The summed E-state index contributed by atoms with van der Waals surface area (Å²) in [6.07, 6.45) is 11.0. The third-order valence-electron chi connectivity index (χ3n) is 7.93. The Morgan fingerprint density at radius 2 is 2.07 bits per heavy atom. The van der Waals surface area contributed by atoms with Gasteiger partial charge in [-0.1, -0.05) is 24.2 Å². The van der Waals surface area contributed by atoms with Gasteiger partial charge in [0.15, 0.2) is 5.13 Å². The summed E-state index contributed by atoms with van der Waals surface area (Å²) in [5.41, 5.74) is 10.7. The predicted molar refractivity (Wildman–Crippen MR) is 125 cm³/mol. The number of likely N-dealkylation sites (tertiary alicyclic amines) is 1. The van der Waals surface area contributed by atoms with Crippen LogP contribution in [0.15, 0.2) is 12.1 Å². The van der Waals surface area contributed by atoms with Crippen molar-refractivity contribution in [1.82, 2.24) is 9.88 Å². The van der Waals surface area contributed by atoms with Crippen LogP contribution in [0.1, 0.15) is 56.1 Å². The number of ether oxygens (including phenoxy) is 1. The van der Waals surface area contributed by atoms with E-state index in [1.165, 1.54) is 62.6 Å². The van der Waals surface area contributed by atoms with Gasteiger partial charge in [-0.05, 0) is 74.2 Å². The van der Waals surface area contributed by atoms with Crippen LogP contribution >= 0.6 is 36.2 Å². The summed E-state index contributed by atoms with van der Waals surface area (Å²) >= 11 is 1.64. The molecule has 2 saturated heterocycles. The molecule has 1 aromatic carbocycles. The van der Waals surface area contributed by atoms with Crippen LogP contribution in [-0.2, 0) is 16.6 Å². The van der Waals surface area contributed by atoms with Gasteiger partial charge in [0.25, 0.3) is 0 Å². The SMILES string of the molecule is Cl.Cl.Nc1nc2cc3c(cc2s1)C[C@@H]1[C@@H]2CCCC[C@]32CCN1C[C@@H]1CCCO1. The molecule has 0 spiro atoms. The molecular formula is C22H31Cl2N3OS. The van der Waals surface area contributed by atoms with E-state index in [1.807, 2.05) is 0 Å². The van der Waals surface area contributed by atoms with E-state index in [4.69, 9.17) is 10.5 Å². The Kier molecular flexibility index (Phi) is 6.09. The molecule has 4 aliphatic rings. The number of thiazole rings is 1. The molecule has 3 heterocycles. The summed E-state index contributed by atoms with van der Waals surface area (Å²) in [4.78, 5) is 7.42. The molecular weight excluding hydrogens is 425 g/mol. The Morgan fingerprint density at radius 1 is 1.17 bits per heavy atom. The van der Waals surface area contributed by atoms with Crippen molar-refractivity contribution in [1.29, 1.82) is 0 Å². The smallest absolute Gasteiger partial charge is 0.181 e. The highest BCUT2D eigenvalue weighted by Crippen LogP contribution is 2.56. The van der Waals surface area contributed by atoms with Crippen LogP contribution in [0.5, 0.6) is 0 Å². The van der Waals surface area contributed by atoms with E-state index < -0.39 is 0 Å². The summed E-state index contributed by atoms with van der Waals surface area (Å²) in [5, 5.41) is 0.702. The molecule has 160 valence electrons. The van der Waals surface area contributed by atoms with Crippen LogP contribution in [0.25, 0.3) is 10.2 Å². The molecule has 29 heavy (non-hydrogen) atoms. The van der Waals surface area contributed by atoms with E-state index in [1.54, 1.807) is 22.5 Å². The molecule has 1 aromatic heterocycles. The lowest BCUT2D eigenvalue weighted by molar-refractivity contribution is -0.0346. The van der Waals surface area contributed by atoms with Crippen molar-refractivity contribution in [2.45, 2.75) is 68.9 Å². The van der Waals surface area contributed by atoms with Gasteiger partial charge in [0.05, 0.1) is 16.3 Å². The first kappa shape index (κ1) is 21.6. The molecule has 0 amide bonds. The number of piperidine rings is 1. The van der Waals surface area contributed by atoms with Gasteiger partial charge in [-0.25, -0.2) is 4.98 Å². The third kappa shape index (κ3) is 3.38. The van der Waals surface area contributed by atoms with Crippen LogP contribution < -0.4 is 5.73 Å². The molecule has 3 fully saturated rings. The molecule has 2 aliphatic heterocycles. The fourth-order valence-electron chi connectivity index (χ4n) is 6.81. The van der Waals surface area contributed by atoms with Gasteiger partial charge >= 0.3 is 0 Å². The fourth-order valence-corrected chi connectivity index (χ4v) is 7.59. The van der Waals surface area contributed by atoms with Gasteiger partial charge in [-0.2, -0.15) is 0 Å². The maximum Gasteiger partial charge on any atom is 0.181 e. The number of benzene rings is 1.